The lowest BCUT2D eigenvalue weighted by molar-refractivity contribution is 0.0524. The number of hydrogen-bond donors (Lipinski definition) is 1. The number of nitrogens with one attached hydrogen (secondary N) is 1. The number of aromatic nitrogens is 1. The van der Waals surface area contributed by atoms with E-state index in [2.05, 4.69) is 4.98 Å². The van der Waals surface area contributed by atoms with E-state index in [0.717, 1.165) is 5.56 Å². The van der Waals surface area contributed by atoms with Gasteiger partial charge in [-0.3, -0.25) is 4.79 Å². The normalized spacial score (nSPS) is 10.1. The summed E-state index contributed by atoms with van der Waals surface area (Å²) in [5, 5.41) is 0. The molecule has 0 atom stereocenters. The van der Waals surface area contributed by atoms with E-state index in [4.69, 9.17) is 4.74 Å². The van der Waals surface area contributed by atoms with Crippen LogP contribution in [0.15, 0.2) is 47.5 Å². The van der Waals surface area contributed by atoms with E-state index in [1.807, 2.05) is 30.3 Å². The number of pyridine rings is 1. The van der Waals surface area contributed by atoms with Crippen LogP contribution in [0.4, 0.5) is 0 Å². The largest absolute Gasteiger partial charge is 0.462 e. The second kappa shape index (κ2) is 5.31. The highest BCUT2D eigenvalue weighted by Gasteiger charge is 2.14. The number of carbonyl (C=O) groups excluding carboxylic acids is 1. The molecule has 0 amide bonds. The van der Waals surface area contributed by atoms with E-state index >= 15 is 0 Å². The Morgan fingerprint density at radius 3 is 2.61 bits per heavy atom. The van der Waals surface area contributed by atoms with E-state index in [0.29, 0.717) is 5.56 Å². The molecule has 4 nitrogen and oxygen atoms in total. The van der Waals surface area contributed by atoms with Gasteiger partial charge >= 0.3 is 5.97 Å². The van der Waals surface area contributed by atoms with Crippen LogP contribution in [0.25, 0.3) is 11.1 Å². The highest BCUT2D eigenvalue weighted by atomic mass is 16.5. The molecule has 0 radical (unpaired) electrons. The molecule has 4 heteroatoms. The fraction of sp³-hybridized carbons (Fsp3) is 0.143. The van der Waals surface area contributed by atoms with Crippen molar-refractivity contribution in [1.82, 2.24) is 4.98 Å². The maximum atomic E-state index is 12.2. The number of rotatable bonds is 3. The Labute approximate surface area is 104 Å². The number of H-pyrrole nitrogens is 1. The third-order valence-electron chi connectivity index (χ3n) is 2.52. The SMILES string of the molecule is CCOC(=O)c1c[nH]cc(-c2ccccc2)c1=O. The monoisotopic (exact) mass is 243 g/mol. The van der Waals surface area contributed by atoms with E-state index in [9.17, 15) is 9.59 Å². The van der Waals surface area contributed by atoms with Crippen molar-refractivity contribution in [3.8, 4) is 11.1 Å². The van der Waals surface area contributed by atoms with Crippen LogP contribution in [-0.4, -0.2) is 17.6 Å². The van der Waals surface area contributed by atoms with E-state index < -0.39 is 5.97 Å². The molecule has 1 heterocycles. The molecule has 2 aromatic rings. The minimum atomic E-state index is -0.600. The van der Waals surface area contributed by atoms with Gasteiger partial charge in [-0.1, -0.05) is 30.3 Å². The molecule has 0 aliphatic carbocycles. The summed E-state index contributed by atoms with van der Waals surface area (Å²) in [6, 6.07) is 9.18. The Morgan fingerprint density at radius 2 is 1.94 bits per heavy atom. The second-order valence-corrected chi connectivity index (χ2v) is 3.70. The maximum Gasteiger partial charge on any atom is 0.343 e. The molecule has 0 saturated carbocycles. The number of ether oxygens (including phenoxy) is 1. The first-order valence-electron chi connectivity index (χ1n) is 5.67. The molecular weight excluding hydrogens is 230 g/mol. The van der Waals surface area contributed by atoms with Crippen LogP contribution in [0.1, 0.15) is 17.3 Å². The van der Waals surface area contributed by atoms with Crippen LogP contribution in [0.2, 0.25) is 0 Å². The summed E-state index contributed by atoms with van der Waals surface area (Å²) in [6.07, 6.45) is 2.95. The lowest BCUT2D eigenvalue weighted by Gasteiger charge is -2.04. The van der Waals surface area contributed by atoms with Crippen molar-refractivity contribution in [3.63, 3.8) is 0 Å². The van der Waals surface area contributed by atoms with Gasteiger partial charge in [0.1, 0.15) is 5.56 Å². The molecule has 0 aliphatic rings. The first kappa shape index (κ1) is 12.1. The zero-order valence-electron chi connectivity index (χ0n) is 9.97. The first-order chi connectivity index (χ1) is 8.74. The van der Waals surface area contributed by atoms with Crippen LogP contribution in [0.3, 0.4) is 0 Å². The van der Waals surface area contributed by atoms with Gasteiger partial charge in [0.2, 0.25) is 5.43 Å². The van der Waals surface area contributed by atoms with E-state index in [1.165, 1.54) is 6.20 Å². The molecule has 1 N–H and O–H groups in total. The minimum Gasteiger partial charge on any atom is -0.462 e. The quantitative estimate of drug-likeness (QED) is 0.841. The van der Waals surface area contributed by atoms with Crippen LogP contribution in [0.5, 0.6) is 0 Å². The molecule has 1 aromatic carbocycles. The van der Waals surface area contributed by atoms with Crippen LogP contribution >= 0.6 is 0 Å². The molecule has 0 bridgehead atoms. The predicted octanol–water partition coefficient (Wildman–Crippen LogP) is 2.22. The standard InChI is InChI=1S/C14H13NO3/c1-2-18-14(17)12-9-15-8-11(13(12)16)10-6-4-3-5-7-10/h3-9H,2H2,1H3,(H,15,16). The van der Waals surface area contributed by atoms with Crippen molar-refractivity contribution in [2.45, 2.75) is 6.92 Å². The third-order valence-corrected chi connectivity index (χ3v) is 2.52. The number of carbonyl (C=O) groups is 1. The third kappa shape index (κ3) is 2.32. The average Bonchev–Trinajstić information content (AvgIpc) is 2.40. The molecule has 2 rings (SSSR count). The van der Waals surface area contributed by atoms with Gasteiger partial charge in [0.25, 0.3) is 0 Å². The van der Waals surface area contributed by atoms with Crippen molar-refractivity contribution >= 4 is 5.97 Å². The fourth-order valence-corrected chi connectivity index (χ4v) is 1.68. The summed E-state index contributed by atoms with van der Waals surface area (Å²) < 4.78 is 4.84. The highest BCUT2D eigenvalue weighted by Crippen LogP contribution is 2.14. The van der Waals surface area contributed by atoms with Gasteiger partial charge in [-0.2, -0.15) is 0 Å². The zero-order chi connectivity index (χ0) is 13.0. The Balaban J connectivity index is 2.49. The topological polar surface area (TPSA) is 59.2 Å². The average molecular weight is 243 g/mol. The second-order valence-electron chi connectivity index (χ2n) is 3.70. The molecule has 0 unspecified atom stereocenters. The zero-order valence-corrected chi connectivity index (χ0v) is 9.97. The molecule has 92 valence electrons. The van der Waals surface area contributed by atoms with Crippen LogP contribution in [-0.2, 0) is 4.74 Å². The highest BCUT2D eigenvalue weighted by molar-refractivity contribution is 5.90. The smallest absolute Gasteiger partial charge is 0.343 e. The Kier molecular flexibility index (Phi) is 3.57. The lowest BCUT2D eigenvalue weighted by Crippen LogP contribution is -2.19. The van der Waals surface area contributed by atoms with Crippen molar-refractivity contribution in [3.05, 3.63) is 58.5 Å². The van der Waals surface area contributed by atoms with Crippen molar-refractivity contribution < 1.29 is 9.53 Å². The van der Waals surface area contributed by atoms with Gasteiger partial charge in [0, 0.05) is 18.0 Å². The number of esters is 1. The predicted molar refractivity (Wildman–Crippen MR) is 68.5 cm³/mol. The summed E-state index contributed by atoms with van der Waals surface area (Å²) in [5.74, 6) is -0.600. The Morgan fingerprint density at radius 1 is 1.22 bits per heavy atom. The van der Waals surface area contributed by atoms with Crippen LogP contribution in [0, 0.1) is 0 Å². The molecule has 0 spiro atoms. The van der Waals surface area contributed by atoms with Gasteiger partial charge in [-0.25, -0.2) is 4.79 Å². The van der Waals surface area contributed by atoms with E-state index in [1.54, 1.807) is 13.1 Å². The van der Waals surface area contributed by atoms with Gasteiger partial charge in [-0.05, 0) is 12.5 Å². The lowest BCUT2D eigenvalue weighted by atomic mass is 10.1. The van der Waals surface area contributed by atoms with Gasteiger partial charge in [0.15, 0.2) is 0 Å². The summed E-state index contributed by atoms with van der Waals surface area (Å²) in [7, 11) is 0. The summed E-state index contributed by atoms with van der Waals surface area (Å²) >= 11 is 0. The Bertz CT molecular complexity index is 602. The van der Waals surface area contributed by atoms with Crippen molar-refractivity contribution in [2.24, 2.45) is 0 Å². The first-order valence-corrected chi connectivity index (χ1v) is 5.67. The Hall–Kier alpha value is -2.36. The number of hydrogen-bond acceptors (Lipinski definition) is 3. The van der Waals surface area contributed by atoms with Crippen molar-refractivity contribution in [2.75, 3.05) is 6.61 Å². The van der Waals surface area contributed by atoms with Gasteiger partial charge in [-0.15, -0.1) is 0 Å². The molecule has 0 aliphatic heterocycles. The van der Waals surface area contributed by atoms with Gasteiger partial charge < -0.3 is 9.72 Å². The number of aromatic amines is 1. The summed E-state index contributed by atoms with van der Waals surface area (Å²) in [6.45, 7) is 1.95. The maximum absolute atomic E-state index is 12.2. The molecular formula is C14H13NO3. The van der Waals surface area contributed by atoms with E-state index in [-0.39, 0.29) is 17.6 Å². The fourth-order valence-electron chi connectivity index (χ4n) is 1.68. The number of benzene rings is 1. The van der Waals surface area contributed by atoms with Gasteiger partial charge in [0.05, 0.1) is 6.61 Å². The summed E-state index contributed by atoms with van der Waals surface area (Å²) in [4.78, 5) is 26.6. The van der Waals surface area contributed by atoms with Crippen molar-refractivity contribution in [1.29, 1.82) is 0 Å². The minimum absolute atomic E-state index is 0.0261. The summed E-state index contributed by atoms with van der Waals surface area (Å²) in [5.41, 5.74) is 0.933. The molecule has 18 heavy (non-hydrogen) atoms. The van der Waals surface area contributed by atoms with Crippen LogP contribution < -0.4 is 5.43 Å². The molecule has 0 fully saturated rings. The molecule has 0 saturated heterocycles. The molecule has 1 aromatic heterocycles.